The molecule has 1 unspecified atom stereocenters. The zero-order valence-electron chi connectivity index (χ0n) is 20.4. The molecule has 34 heavy (non-hydrogen) atoms. The van der Waals surface area contributed by atoms with Crippen LogP contribution in [-0.2, 0) is 21.5 Å². The minimum absolute atomic E-state index is 0.0348. The third kappa shape index (κ3) is 7.13. The van der Waals surface area contributed by atoms with Gasteiger partial charge in [-0.15, -0.1) is 0 Å². The summed E-state index contributed by atoms with van der Waals surface area (Å²) in [7, 11) is 0. The van der Waals surface area contributed by atoms with Crippen LogP contribution in [0, 0.1) is 0 Å². The predicted octanol–water partition coefficient (Wildman–Crippen LogP) is 6.15. The van der Waals surface area contributed by atoms with Crippen LogP contribution in [0.15, 0.2) is 42.5 Å². The molecule has 0 saturated heterocycles. The van der Waals surface area contributed by atoms with Crippen molar-refractivity contribution in [1.82, 2.24) is 10.2 Å². The number of hydrogen-bond donors (Lipinski definition) is 1. The lowest BCUT2D eigenvalue weighted by molar-refractivity contribution is -0.142. The summed E-state index contributed by atoms with van der Waals surface area (Å²) < 4.78 is 5.79. The van der Waals surface area contributed by atoms with Crippen molar-refractivity contribution in [3.8, 4) is 5.75 Å². The molecular weight excluding hydrogens is 471 g/mol. The van der Waals surface area contributed by atoms with Gasteiger partial charge >= 0.3 is 0 Å². The van der Waals surface area contributed by atoms with E-state index in [4.69, 9.17) is 27.9 Å². The molecule has 184 valence electrons. The maximum Gasteiger partial charge on any atom is 0.261 e. The topological polar surface area (TPSA) is 58.6 Å². The van der Waals surface area contributed by atoms with Crippen molar-refractivity contribution < 1.29 is 14.3 Å². The molecule has 1 fully saturated rings. The van der Waals surface area contributed by atoms with Gasteiger partial charge in [0, 0.05) is 12.6 Å². The number of carbonyl (C=O) groups excluding carboxylic acids is 2. The number of halogens is 2. The molecule has 2 aromatic rings. The molecule has 0 spiro atoms. The van der Waals surface area contributed by atoms with Crippen LogP contribution in [0.4, 0.5) is 0 Å². The molecule has 1 aliphatic rings. The van der Waals surface area contributed by atoms with Crippen molar-refractivity contribution >= 4 is 35.0 Å². The van der Waals surface area contributed by atoms with Gasteiger partial charge in [-0.05, 0) is 60.6 Å². The number of nitrogens with one attached hydrogen (secondary N) is 1. The first-order valence-electron chi connectivity index (χ1n) is 11.8. The Kier molecular flexibility index (Phi) is 8.89. The molecule has 0 bridgehead atoms. The van der Waals surface area contributed by atoms with E-state index in [2.05, 4.69) is 26.1 Å². The molecule has 0 aromatic heterocycles. The number of carbonyl (C=O) groups is 2. The first-order chi connectivity index (χ1) is 16.0. The van der Waals surface area contributed by atoms with Crippen molar-refractivity contribution in [2.45, 2.75) is 77.4 Å². The molecule has 1 atom stereocenters. The van der Waals surface area contributed by atoms with Crippen LogP contribution in [0.2, 0.25) is 10.0 Å². The zero-order valence-corrected chi connectivity index (χ0v) is 21.9. The molecule has 2 amide bonds. The number of benzene rings is 2. The Labute approximate surface area is 212 Å². The van der Waals surface area contributed by atoms with Gasteiger partial charge in [-0.1, -0.05) is 75.0 Å². The van der Waals surface area contributed by atoms with E-state index in [1.54, 1.807) is 19.1 Å². The summed E-state index contributed by atoms with van der Waals surface area (Å²) in [5.74, 6) is 0.175. The minimum Gasteiger partial charge on any atom is -0.484 e. The van der Waals surface area contributed by atoms with Crippen LogP contribution >= 0.6 is 23.2 Å². The third-order valence-electron chi connectivity index (χ3n) is 6.29. The number of ether oxygens (including phenoxy) is 1. The summed E-state index contributed by atoms with van der Waals surface area (Å²) in [4.78, 5) is 27.7. The van der Waals surface area contributed by atoms with E-state index < -0.39 is 6.04 Å². The van der Waals surface area contributed by atoms with Crippen LogP contribution in [0.25, 0.3) is 0 Å². The lowest BCUT2D eigenvalue weighted by Crippen LogP contribution is -2.50. The summed E-state index contributed by atoms with van der Waals surface area (Å²) in [6.45, 7) is 8.23. The van der Waals surface area contributed by atoms with Crippen LogP contribution < -0.4 is 10.1 Å². The second-order valence-electron chi connectivity index (χ2n) is 10.00. The van der Waals surface area contributed by atoms with E-state index in [1.807, 2.05) is 30.3 Å². The Balaban J connectivity index is 1.72. The largest absolute Gasteiger partial charge is 0.484 e. The Morgan fingerprint density at radius 3 is 2.29 bits per heavy atom. The molecular formula is C27H34Cl2N2O3. The highest BCUT2D eigenvalue weighted by atomic mass is 35.5. The first kappa shape index (κ1) is 26.4. The van der Waals surface area contributed by atoms with Crippen molar-refractivity contribution in [3.05, 3.63) is 63.6 Å². The lowest BCUT2D eigenvalue weighted by Gasteiger charge is -2.29. The van der Waals surface area contributed by atoms with E-state index >= 15 is 0 Å². The number of amides is 2. The Morgan fingerprint density at radius 1 is 1.06 bits per heavy atom. The van der Waals surface area contributed by atoms with Gasteiger partial charge in [0.2, 0.25) is 5.91 Å². The Bertz CT molecular complexity index is 996. The maximum atomic E-state index is 13.2. The van der Waals surface area contributed by atoms with Crippen molar-refractivity contribution in [1.29, 1.82) is 0 Å². The average Bonchev–Trinajstić information content (AvgIpc) is 3.30. The van der Waals surface area contributed by atoms with E-state index in [0.29, 0.717) is 15.8 Å². The smallest absolute Gasteiger partial charge is 0.261 e. The van der Waals surface area contributed by atoms with Crippen LogP contribution in [0.1, 0.15) is 64.5 Å². The fraction of sp³-hybridized carbons (Fsp3) is 0.481. The minimum atomic E-state index is -0.658. The molecule has 2 aromatic carbocycles. The monoisotopic (exact) mass is 504 g/mol. The summed E-state index contributed by atoms with van der Waals surface area (Å²) >= 11 is 12.2. The summed E-state index contributed by atoms with van der Waals surface area (Å²) in [5, 5.41) is 3.94. The molecule has 1 saturated carbocycles. The van der Waals surface area contributed by atoms with Crippen LogP contribution in [0.3, 0.4) is 0 Å². The van der Waals surface area contributed by atoms with E-state index in [9.17, 15) is 9.59 Å². The molecule has 1 aliphatic carbocycles. The van der Waals surface area contributed by atoms with Crippen LogP contribution in [-0.4, -0.2) is 35.4 Å². The Hall–Kier alpha value is -2.24. The number of hydrogen-bond acceptors (Lipinski definition) is 3. The molecule has 3 rings (SSSR count). The number of rotatable bonds is 8. The average molecular weight is 505 g/mol. The van der Waals surface area contributed by atoms with Gasteiger partial charge in [0.25, 0.3) is 5.91 Å². The Morgan fingerprint density at radius 2 is 1.71 bits per heavy atom. The fourth-order valence-corrected chi connectivity index (χ4v) is 4.41. The summed E-state index contributed by atoms with van der Waals surface area (Å²) in [5.41, 5.74) is 2.01. The summed E-state index contributed by atoms with van der Waals surface area (Å²) in [6, 6.07) is 12.5. The molecule has 1 N–H and O–H groups in total. The third-order valence-corrected chi connectivity index (χ3v) is 7.03. The van der Waals surface area contributed by atoms with Gasteiger partial charge in [-0.25, -0.2) is 0 Å². The second kappa shape index (κ2) is 11.5. The predicted molar refractivity (Wildman–Crippen MR) is 138 cm³/mol. The van der Waals surface area contributed by atoms with Gasteiger partial charge in [0.1, 0.15) is 11.8 Å². The van der Waals surface area contributed by atoms with Gasteiger partial charge < -0.3 is 15.0 Å². The van der Waals surface area contributed by atoms with E-state index in [0.717, 1.165) is 31.2 Å². The quantitative estimate of drug-likeness (QED) is 0.469. The standard InChI is InChI=1S/C27H34Cl2N2O3/c1-18(26(33)30-21-7-5-6-8-21)31(16-19-9-14-23(28)24(29)15-19)25(32)17-34-22-12-10-20(11-13-22)27(2,3)4/h9-15,18,21H,5-8,16-17H2,1-4H3,(H,30,33). The molecule has 5 nitrogen and oxygen atoms in total. The van der Waals surface area contributed by atoms with E-state index in [1.165, 1.54) is 10.5 Å². The van der Waals surface area contributed by atoms with Gasteiger partial charge in [-0.3, -0.25) is 9.59 Å². The zero-order chi connectivity index (χ0) is 24.9. The number of nitrogens with zero attached hydrogens (tertiary/aromatic N) is 1. The highest BCUT2D eigenvalue weighted by molar-refractivity contribution is 6.42. The van der Waals surface area contributed by atoms with Crippen LogP contribution in [0.5, 0.6) is 5.75 Å². The van der Waals surface area contributed by atoms with E-state index in [-0.39, 0.29) is 36.4 Å². The van der Waals surface area contributed by atoms with Crippen molar-refractivity contribution in [2.24, 2.45) is 0 Å². The summed E-state index contributed by atoms with van der Waals surface area (Å²) in [6.07, 6.45) is 4.19. The molecule has 0 radical (unpaired) electrons. The highest BCUT2D eigenvalue weighted by Gasteiger charge is 2.29. The first-order valence-corrected chi connectivity index (χ1v) is 12.6. The normalized spacial score (nSPS) is 15.1. The lowest BCUT2D eigenvalue weighted by atomic mass is 9.87. The maximum absolute atomic E-state index is 13.2. The highest BCUT2D eigenvalue weighted by Crippen LogP contribution is 2.26. The SMILES string of the molecule is CC(C(=O)NC1CCCC1)N(Cc1ccc(Cl)c(Cl)c1)C(=O)COc1ccc(C(C)(C)C)cc1. The molecule has 0 heterocycles. The van der Waals surface area contributed by atoms with Crippen molar-refractivity contribution in [2.75, 3.05) is 6.61 Å². The molecule has 7 heteroatoms. The van der Waals surface area contributed by atoms with Gasteiger partial charge in [0.15, 0.2) is 6.61 Å². The molecule has 0 aliphatic heterocycles. The van der Waals surface area contributed by atoms with Gasteiger partial charge in [-0.2, -0.15) is 0 Å². The second-order valence-corrected chi connectivity index (χ2v) is 10.8. The van der Waals surface area contributed by atoms with Gasteiger partial charge in [0.05, 0.1) is 10.0 Å². The van der Waals surface area contributed by atoms with Crippen molar-refractivity contribution in [3.63, 3.8) is 0 Å². The fourth-order valence-electron chi connectivity index (χ4n) is 4.09.